The van der Waals surface area contributed by atoms with Crippen molar-refractivity contribution in [1.29, 1.82) is 0 Å². The summed E-state index contributed by atoms with van der Waals surface area (Å²) in [5, 5.41) is 0.945. The Morgan fingerprint density at radius 3 is 2.40 bits per heavy atom. The van der Waals surface area contributed by atoms with E-state index in [0.717, 1.165) is 0 Å². The van der Waals surface area contributed by atoms with Crippen molar-refractivity contribution in [3.63, 3.8) is 0 Å². The van der Waals surface area contributed by atoms with Crippen LogP contribution in [0.3, 0.4) is 0 Å². The SMILES string of the molecule is Clc1ccc(Oc2cncc(Cl)n2)cc1. The summed E-state index contributed by atoms with van der Waals surface area (Å²) in [5.41, 5.74) is 0. The highest BCUT2D eigenvalue weighted by molar-refractivity contribution is 6.30. The van der Waals surface area contributed by atoms with Gasteiger partial charge in [-0.25, -0.2) is 0 Å². The second kappa shape index (κ2) is 4.47. The van der Waals surface area contributed by atoms with Gasteiger partial charge in [-0.2, -0.15) is 4.98 Å². The Hall–Kier alpha value is -1.32. The summed E-state index contributed by atoms with van der Waals surface area (Å²) >= 11 is 11.4. The summed E-state index contributed by atoms with van der Waals surface area (Å²) in [6.07, 6.45) is 2.93. The number of hydrogen-bond donors (Lipinski definition) is 0. The van der Waals surface area contributed by atoms with Gasteiger partial charge in [0, 0.05) is 5.02 Å². The molecule has 0 aliphatic heterocycles. The standard InChI is InChI=1S/C10H6Cl2N2O/c11-7-1-3-8(4-2-7)15-10-6-13-5-9(12)14-10/h1-6H. The van der Waals surface area contributed by atoms with Crippen LogP contribution in [0.5, 0.6) is 11.6 Å². The number of ether oxygens (including phenoxy) is 1. The van der Waals surface area contributed by atoms with Crippen LogP contribution in [0.25, 0.3) is 0 Å². The van der Waals surface area contributed by atoms with E-state index in [1.54, 1.807) is 24.3 Å². The van der Waals surface area contributed by atoms with Gasteiger partial charge in [0.1, 0.15) is 5.75 Å². The highest BCUT2D eigenvalue weighted by Crippen LogP contribution is 2.21. The van der Waals surface area contributed by atoms with E-state index in [-0.39, 0.29) is 0 Å². The van der Waals surface area contributed by atoms with Gasteiger partial charge in [0.2, 0.25) is 5.88 Å². The maximum atomic E-state index is 5.74. The van der Waals surface area contributed by atoms with Crippen LogP contribution in [-0.2, 0) is 0 Å². The Morgan fingerprint density at radius 1 is 1.00 bits per heavy atom. The summed E-state index contributed by atoms with van der Waals surface area (Å²) < 4.78 is 5.40. The molecule has 0 unspecified atom stereocenters. The van der Waals surface area contributed by atoms with Crippen molar-refractivity contribution in [2.75, 3.05) is 0 Å². The van der Waals surface area contributed by atoms with E-state index in [4.69, 9.17) is 27.9 Å². The monoisotopic (exact) mass is 240 g/mol. The Kier molecular flexibility index (Phi) is 3.04. The predicted molar refractivity (Wildman–Crippen MR) is 58.6 cm³/mol. The molecule has 0 spiro atoms. The zero-order valence-corrected chi connectivity index (χ0v) is 9.03. The van der Waals surface area contributed by atoms with Gasteiger partial charge in [-0.1, -0.05) is 23.2 Å². The zero-order valence-electron chi connectivity index (χ0n) is 7.52. The molecular formula is C10H6Cl2N2O. The summed E-state index contributed by atoms with van der Waals surface area (Å²) in [4.78, 5) is 7.79. The lowest BCUT2D eigenvalue weighted by Crippen LogP contribution is -1.88. The van der Waals surface area contributed by atoms with Crippen molar-refractivity contribution in [2.24, 2.45) is 0 Å². The maximum Gasteiger partial charge on any atom is 0.239 e. The molecule has 1 aromatic heterocycles. The molecule has 5 heteroatoms. The lowest BCUT2D eigenvalue weighted by molar-refractivity contribution is 0.460. The maximum absolute atomic E-state index is 5.74. The molecule has 0 radical (unpaired) electrons. The molecule has 0 aliphatic rings. The second-order valence-corrected chi connectivity index (χ2v) is 3.56. The van der Waals surface area contributed by atoms with E-state index in [0.29, 0.717) is 21.8 Å². The van der Waals surface area contributed by atoms with E-state index >= 15 is 0 Å². The fraction of sp³-hybridized carbons (Fsp3) is 0. The smallest absolute Gasteiger partial charge is 0.239 e. The van der Waals surface area contributed by atoms with Gasteiger partial charge in [-0.05, 0) is 24.3 Å². The van der Waals surface area contributed by atoms with Crippen molar-refractivity contribution < 1.29 is 4.74 Å². The summed E-state index contributed by atoms with van der Waals surface area (Å²) in [5.74, 6) is 0.987. The van der Waals surface area contributed by atoms with Gasteiger partial charge >= 0.3 is 0 Å². The van der Waals surface area contributed by atoms with E-state index in [1.807, 2.05) is 0 Å². The first-order valence-electron chi connectivity index (χ1n) is 4.15. The summed E-state index contributed by atoms with van der Waals surface area (Å²) in [6, 6.07) is 6.94. The topological polar surface area (TPSA) is 35.0 Å². The molecule has 0 N–H and O–H groups in total. The molecular weight excluding hydrogens is 235 g/mol. The molecule has 2 aromatic rings. The van der Waals surface area contributed by atoms with Crippen molar-refractivity contribution >= 4 is 23.2 Å². The van der Waals surface area contributed by atoms with Gasteiger partial charge in [0.15, 0.2) is 5.15 Å². The average molecular weight is 241 g/mol. The minimum absolute atomic E-state index is 0.293. The summed E-state index contributed by atoms with van der Waals surface area (Å²) in [6.45, 7) is 0. The van der Waals surface area contributed by atoms with Crippen LogP contribution in [0.1, 0.15) is 0 Å². The number of halogens is 2. The van der Waals surface area contributed by atoms with E-state index in [9.17, 15) is 0 Å². The molecule has 0 saturated carbocycles. The number of rotatable bonds is 2. The minimum Gasteiger partial charge on any atom is -0.437 e. The van der Waals surface area contributed by atoms with Crippen LogP contribution in [0, 0.1) is 0 Å². The minimum atomic E-state index is 0.293. The number of benzene rings is 1. The zero-order chi connectivity index (χ0) is 10.7. The molecule has 1 heterocycles. The number of aromatic nitrogens is 2. The van der Waals surface area contributed by atoms with Crippen molar-refractivity contribution in [3.05, 3.63) is 46.8 Å². The predicted octanol–water partition coefficient (Wildman–Crippen LogP) is 3.58. The molecule has 76 valence electrons. The molecule has 0 atom stereocenters. The van der Waals surface area contributed by atoms with Gasteiger partial charge < -0.3 is 4.74 Å². The summed E-state index contributed by atoms with van der Waals surface area (Å²) in [7, 11) is 0. The van der Waals surface area contributed by atoms with Crippen LogP contribution in [0.15, 0.2) is 36.7 Å². The first kappa shape index (κ1) is 10.2. The third kappa shape index (κ3) is 2.81. The van der Waals surface area contributed by atoms with Crippen LogP contribution in [-0.4, -0.2) is 9.97 Å². The average Bonchev–Trinajstić information content (AvgIpc) is 2.22. The van der Waals surface area contributed by atoms with Gasteiger partial charge in [-0.15, -0.1) is 0 Å². The van der Waals surface area contributed by atoms with Crippen LogP contribution in [0.4, 0.5) is 0 Å². The fourth-order valence-corrected chi connectivity index (χ4v) is 1.26. The lowest BCUT2D eigenvalue weighted by atomic mass is 10.3. The molecule has 0 amide bonds. The highest BCUT2D eigenvalue weighted by Gasteiger charge is 1.99. The van der Waals surface area contributed by atoms with Crippen LogP contribution >= 0.6 is 23.2 Å². The Labute approximate surface area is 96.6 Å². The first-order chi connectivity index (χ1) is 7.24. The second-order valence-electron chi connectivity index (χ2n) is 2.74. The quantitative estimate of drug-likeness (QED) is 0.805. The van der Waals surface area contributed by atoms with Crippen molar-refractivity contribution in [2.45, 2.75) is 0 Å². The third-order valence-electron chi connectivity index (χ3n) is 1.62. The van der Waals surface area contributed by atoms with Crippen LogP contribution in [0.2, 0.25) is 10.2 Å². The molecule has 2 rings (SSSR count). The van der Waals surface area contributed by atoms with Gasteiger partial charge in [-0.3, -0.25) is 4.98 Å². The van der Waals surface area contributed by atoms with Gasteiger partial charge in [0.05, 0.1) is 12.4 Å². The fourth-order valence-electron chi connectivity index (χ4n) is 0.998. The lowest BCUT2D eigenvalue weighted by Gasteiger charge is -2.03. The van der Waals surface area contributed by atoms with Crippen LogP contribution < -0.4 is 4.74 Å². The molecule has 0 saturated heterocycles. The van der Waals surface area contributed by atoms with E-state index in [1.165, 1.54) is 12.4 Å². The van der Waals surface area contributed by atoms with E-state index in [2.05, 4.69) is 9.97 Å². The molecule has 15 heavy (non-hydrogen) atoms. The highest BCUT2D eigenvalue weighted by atomic mass is 35.5. The van der Waals surface area contributed by atoms with Crippen molar-refractivity contribution in [1.82, 2.24) is 9.97 Å². The van der Waals surface area contributed by atoms with Gasteiger partial charge in [0.25, 0.3) is 0 Å². The third-order valence-corrected chi connectivity index (χ3v) is 2.05. The Balaban J connectivity index is 2.18. The van der Waals surface area contributed by atoms with E-state index < -0.39 is 0 Å². The molecule has 0 aliphatic carbocycles. The number of nitrogens with zero attached hydrogens (tertiary/aromatic N) is 2. The molecule has 0 fully saturated rings. The molecule has 3 nitrogen and oxygen atoms in total. The molecule has 1 aromatic carbocycles. The molecule has 0 bridgehead atoms. The Morgan fingerprint density at radius 2 is 1.73 bits per heavy atom. The Bertz CT molecular complexity index is 459. The van der Waals surface area contributed by atoms with Crippen molar-refractivity contribution in [3.8, 4) is 11.6 Å². The normalized spacial score (nSPS) is 10.0. The largest absolute Gasteiger partial charge is 0.437 e. The number of hydrogen-bond acceptors (Lipinski definition) is 3. The first-order valence-corrected chi connectivity index (χ1v) is 4.90.